The molecule has 0 bridgehead atoms. The lowest BCUT2D eigenvalue weighted by molar-refractivity contribution is -0.182. The largest absolute Gasteiger partial charge is 0.453 e. The van der Waals surface area contributed by atoms with Crippen LogP contribution in [0.1, 0.15) is 53.9 Å². The van der Waals surface area contributed by atoms with Gasteiger partial charge in [0.05, 0.1) is 30.2 Å². The zero-order valence-corrected chi connectivity index (χ0v) is 18.6. The van der Waals surface area contributed by atoms with Crippen molar-refractivity contribution in [3.8, 4) is 0 Å². The summed E-state index contributed by atoms with van der Waals surface area (Å²) >= 11 is 0. The van der Waals surface area contributed by atoms with Gasteiger partial charge in [-0.25, -0.2) is 22.7 Å². The van der Waals surface area contributed by atoms with E-state index in [9.17, 15) is 26.4 Å². The first kappa shape index (κ1) is 22.8. The van der Waals surface area contributed by atoms with Gasteiger partial charge in [-0.05, 0) is 38.7 Å². The summed E-state index contributed by atoms with van der Waals surface area (Å²) in [6, 6.07) is 3.36. The molecule has 0 unspecified atom stereocenters. The molecule has 0 spiro atoms. The van der Waals surface area contributed by atoms with Crippen LogP contribution in [0.15, 0.2) is 12.1 Å². The highest BCUT2D eigenvalue weighted by molar-refractivity contribution is 7.91. The molecule has 2 aliphatic rings. The van der Waals surface area contributed by atoms with Gasteiger partial charge in [0.1, 0.15) is 5.25 Å². The number of carbonyl (C=O) groups is 1. The first-order chi connectivity index (χ1) is 15.0. The molecule has 2 aromatic heterocycles. The second-order valence-corrected chi connectivity index (χ2v) is 10.8. The number of halogens is 3. The topological polar surface area (TPSA) is 93.9 Å². The van der Waals surface area contributed by atoms with Crippen molar-refractivity contribution in [2.75, 3.05) is 26.0 Å². The van der Waals surface area contributed by atoms with E-state index in [1.54, 1.807) is 19.1 Å². The van der Waals surface area contributed by atoms with E-state index in [-0.39, 0.29) is 37.6 Å². The van der Waals surface area contributed by atoms with Crippen LogP contribution in [-0.4, -0.2) is 66.1 Å². The van der Waals surface area contributed by atoms with E-state index in [2.05, 4.69) is 10.1 Å². The summed E-state index contributed by atoms with van der Waals surface area (Å²) in [5, 5.41) is 3.56. The third kappa shape index (κ3) is 4.28. The number of hydrogen-bond acceptors (Lipinski definition) is 6. The van der Waals surface area contributed by atoms with Crippen LogP contribution < -0.4 is 0 Å². The Morgan fingerprint density at radius 2 is 1.88 bits per heavy atom. The zero-order valence-electron chi connectivity index (χ0n) is 17.8. The first-order valence-electron chi connectivity index (χ1n) is 10.5. The third-order valence-electron chi connectivity index (χ3n) is 6.44. The highest BCUT2D eigenvalue weighted by Gasteiger charge is 2.42. The predicted octanol–water partition coefficient (Wildman–Crippen LogP) is 3.41. The van der Waals surface area contributed by atoms with Crippen molar-refractivity contribution >= 4 is 21.6 Å². The average Bonchev–Trinajstić information content (AvgIpc) is 3.16. The smallest absolute Gasteiger partial charge is 0.409 e. The summed E-state index contributed by atoms with van der Waals surface area (Å²) in [5.74, 6) is -1.63. The van der Waals surface area contributed by atoms with Gasteiger partial charge in [0, 0.05) is 30.8 Å². The molecule has 1 saturated carbocycles. The Morgan fingerprint density at radius 3 is 2.50 bits per heavy atom. The monoisotopic (exact) mass is 474 g/mol. The average molecular weight is 475 g/mol. The fraction of sp³-hybridized carbons (Fsp3) is 0.650. The van der Waals surface area contributed by atoms with E-state index in [4.69, 9.17) is 4.74 Å². The number of nitrogens with zero attached hydrogens (tertiary/aromatic N) is 4. The minimum atomic E-state index is -4.18. The molecule has 2 fully saturated rings. The maximum Gasteiger partial charge on any atom is 0.409 e. The predicted molar refractivity (Wildman–Crippen MR) is 109 cm³/mol. The summed E-state index contributed by atoms with van der Waals surface area (Å²) < 4.78 is 71.0. The van der Waals surface area contributed by atoms with Gasteiger partial charge in [0.25, 0.3) is 0 Å². The van der Waals surface area contributed by atoms with Crippen LogP contribution in [0.3, 0.4) is 0 Å². The normalized spacial score (nSPS) is 26.3. The van der Waals surface area contributed by atoms with Crippen molar-refractivity contribution in [1.29, 1.82) is 0 Å². The van der Waals surface area contributed by atoms with Gasteiger partial charge in [0.2, 0.25) is 0 Å². The molecule has 4 rings (SSSR count). The fourth-order valence-electron chi connectivity index (χ4n) is 4.65. The molecule has 8 nitrogen and oxygen atoms in total. The van der Waals surface area contributed by atoms with Crippen molar-refractivity contribution in [1.82, 2.24) is 19.5 Å². The van der Waals surface area contributed by atoms with Crippen LogP contribution in [0, 0.1) is 12.8 Å². The SMILES string of the molecule is COC(=O)N1CCS(=O)(=O)[C@@H](c2cc(C)nc3cc([C@H]4CC[C@H](C(F)(F)F)CC4)nn23)C1. The number of hydrogen-bond donors (Lipinski definition) is 0. The minimum Gasteiger partial charge on any atom is -0.453 e. The summed E-state index contributed by atoms with van der Waals surface area (Å²) in [6.45, 7) is 1.71. The number of aryl methyl sites for hydroxylation is 1. The van der Waals surface area contributed by atoms with Gasteiger partial charge in [0.15, 0.2) is 15.5 Å². The molecule has 3 heterocycles. The van der Waals surface area contributed by atoms with Crippen LogP contribution in [0.2, 0.25) is 0 Å². The number of carbonyl (C=O) groups excluding carboxylic acids is 1. The van der Waals surface area contributed by atoms with E-state index in [0.29, 0.717) is 35.6 Å². The van der Waals surface area contributed by atoms with E-state index in [1.807, 2.05) is 0 Å². The van der Waals surface area contributed by atoms with E-state index >= 15 is 0 Å². The molecular weight excluding hydrogens is 449 g/mol. The zero-order chi connectivity index (χ0) is 23.3. The van der Waals surface area contributed by atoms with Crippen molar-refractivity contribution in [2.24, 2.45) is 5.92 Å². The van der Waals surface area contributed by atoms with E-state index < -0.39 is 33.3 Å². The molecule has 12 heteroatoms. The van der Waals surface area contributed by atoms with Crippen LogP contribution in [-0.2, 0) is 14.6 Å². The molecule has 1 saturated heterocycles. The Morgan fingerprint density at radius 1 is 1.19 bits per heavy atom. The standard InChI is InChI=1S/C20H25F3N4O4S/c1-12-9-16(17-11-26(19(28)31-2)7-8-32(17,29)30)27-18(24-12)10-15(25-27)13-3-5-14(6-4-13)20(21,22)23/h9-10,13-14,17H,3-8,11H2,1-2H3/t13-,14-,17-/m1/s1. The second-order valence-electron chi connectivity index (χ2n) is 8.52. The Kier molecular flexibility index (Phi) is 5.84. The molecular formula is C20H25F3N4O4S. The van der Waals surface area contributed by atoms with Crippen LogP contribution in [0.4, 0.5) is 18.0 Å². The Hall–Kier alpha value is -2.37. The van der Waals surface area contributed by atoms with Gasteiger partial charge in [-0.3, -0.25) is 0 Å². The second kappa shape index (κ2) is 8.20. The third-order valence-corrected chi connectivity index (χ3v) is 8.45. The number of sulfone groups is 1. The van der Waals surface area contributed by atoms with Gasteiger partial charge < -0.3 is 9.64 Å². The number of rotatable bonds is 2. The summed E-state index contributed by atoms with van der Waals surface area (Å²) in [4.78, 5) is 17.8. The molecule has 0 aromatic carbocycles. The van der Waals surface area contributed by atoms with Crippen molar-refractivity contribution in [3.63, 3.8) is 0 Å². The Bertz CT molecular complexity index is 1120. The van der Waals surface area contributed by atoms with Crippen molar-refractivity contribution in [3.05, 3.63) is 29.2 Å². The molecule has 2 aromatic rings. The van der Waals surface area contributed by atoms with Crippen LogP contribution in [0.5, 0.6) is 0 Å². The molecule has 176 valence electrons. The minimum absolute atomic E-state index is 0.0471. The van der Waals surface area contributed by atoms with Gasteiger partial charge in [-0.1, -0.05) is 0 Å². The number of amides is 1. The molecule has 0 radical (unpaired) electrons. The molecule has 1 amide bonds. The maximum absolute atomic E-state index is 13.0. The number of aromatic nitrogens is 3. The fourth-order valence-corrected chi connectivity index (χ4v) is 6.35. The lowest BCUT2D eigenvalue weighted by atomic mass is 9.80. The van der Waals surface area contributed by atoms with Gasteiger partial charge in [-0.2, -0.15) is 18.3 Å². The van der Waals surface area contributed by atoms with E-state index in [1.165, 1.54) is 16.5 Å². The van der Waals surface area contributed by atoms with Crippen LogP contribution in [0.25, 0.3) is 5.65 Å². The van der Waals surface area contributed by atoms with Gasteiger partial charge >= 0.3 is 12.3 Å². The quantitative estimate of drug-likeness (QED) is 0.662. The molecule has 0 N–H and O–H groups in total. The Balaban J connectivity index is 1.67. The molecule has 1 aliphatic heterocycles. The maximum atomic E-state index is 13.0. The van der Waals surface area contributed by atoms with Crippen molar-refractivity contribution < 1.29 is 31.1 Å². The first-order valence-corrected chi connectivity index (χ1v) is 12.2. The number of methoxy groups -OCH3 is 1. The summed E-state index contributed by atoms with van der Waals surface area (Å²) in [6.07, 6.45) is -3.97. The lowest BCUT2D eigenvalue weighted by Crippen LogP contribution is -2.45. The molecule has 1 atom stereocenters. The lowest BCUT2D eigenvalue weighted by Gasteiger charge is -2.31. The van der Waals surface area contributed by atoms with Gasteiger partial charge in [-0.15, -0.1) is 0 Å². The Labute approximate surface area is 183 Å². The van der Waals surface area contributed by atoms with Crippen LogP contribution >= 0.6 is 0 Å². The number of ether oxygens (including phenoxy) is 1. The van der Waals surface area contributed by atoms with E-state index in [0.717, 1.165) is 0 Å². The summed E-state index contributed by atoms with van der Waals surface area (Å²) in [5.41, 5.74) is 2.03. The number of alkyl halides is 3. The molecule has 32 heavy (non-hydrogen) atoms. The number of fused-ring (bicyclic) bond motifs is 1. The highest BCUT2D eigenvalue weighted by atomic mass is 32.2. The highest BCUT2D eigenvalue weighted by Crippen LogP contribution is 2.43. The van der Waals surface area contributed by atoms with Crippen molar-refractivity contribution in [2.45, 2.75) is 50.0 Å². The molecule has 1 aliphatic carbocycles. The summed E-state index contributed by atoms with van der Waals surface area (Å²) in [7, 11) is -2.32.